The van der Waals surface area contributed by atoms with Crippen LogP contribution in [0.25, 0.3) is 87.0 Å². The molecular weight excluding hydrogens is 1710 g/mol. The van der Waals surface area contributed by atoms with E-state index in [0.717, 1.165) is 53.6 Å². The number of fused-ring (bicyclic) bond motifs is 8. The van der Waals surface area contributed by atoms with Gasteiger partial charge in [-0.2, -0.15) is 0 Å². The number of nitrogens with one attached hydrogen (secondary N) is 2. The zero-order valence-electron chi connectivity index (χ0n) is 77.5. The van der Waals surface area contributed by atoms with E-state index < -0.39 is 65.1 Å². The van der Waals surface area contributed by atoms with Gasteiger partial charge in [0, 0.05) is 133 Å². The average Bonchev–Trinajstić information content (AvgIpc) is 0.772. The third-order valence-corrected chi connectivity index (χ3v) is 30.1. The summed E-state index contributed by atoms with van der Waals surface area (Å²) < 4.78 is 88.8. The zero-order chi connectivity index (χ0) is 93.4. The molecule has 26 heteroatoms. The standard InChI is InChI=1S/C106H108N4O20Si2/c1-103(2,3)63-29-37-67(38-30-63)125-85-55-75-89-76(100(114)109(99(75)113)79(97(111)107-47-49-123-59-131(117-13,118-14)119-15)53-61-27-45-83-73(51-61)71-23-19-21-25-81(71)129-83)57-87(127-69-41-33-65(34-42-69)105(7,8)9)93-94-88(128-70-43-35-66(36-44-70)106(10,11)12)58-78-90-77(56-86(92(96(90)94)91(85)95(89)93)126-68-39-31-64(32-40-68)104(4,5)6)101(115)110(102(78)116)80(98(112)108-48-50-124-60-132(120-16,121-17)122-18)54-62-28-46-84-74(52-62)72-24-20-22-26-82(72)130-84/h19-46,51-52,55-58,79-80H,47-50,53-54,59-60H2,1-18H3,(H,107,111)(H,108,112). The number of hydrogen-bond acceptors (Lipinski definition) is 20. The van der Waals surface area contributed by atoms with Gasteiger partial charge in [-0.15, -0.1) is 0 Å². The highest BCUT2D eigenvalue weighted by Gasteiger charge is 2.48. The summed E-state index contributed by atoms with van der Waals surface area (Å²) in [4.78, 5) is 103. The molecule has 0 spiro atoms. The minimum Gasteiger partial charge on any atom is -0.457 e. The van der Waals surface area contributed by atoms with E-state index in [4.69, 9.17) is 63.8 Å². The number of para-hydroxylation sites is 2. The van der Waals surface area contributed by atoms with E-state index in [1.165, 1.54) is 42.7 Å². The second kappa shape index (κ2) is 35.8. The fourth-order valence-corrected chi connectivity index (χ4v) is 20.4. The number of imide groups is 2. The predicted octanol–water partition coefficient (Wildman–Crippen LogP) is 21.4. The summed E-state index contributed by atoms with van der Waals surface area (Å²) in [5, 5.41) is 10.9. The van der Waals surface area contributed by atoms with E-state index >= 15 is 28.8 Å². The first-order valence-electron chi connectivity index (χ1n) is 44.2. The van der Waals surface area contributed by atoms with Gasteiger partial charge in [-0.3, -0.25) is 38.6 Å². The maximum absolute atomic E-state index is 17.2. The van der Waals surface area contributed by atoms with Crippen LogP contribution in [0.2, 0.25) is 0 Å². The number of rotatable bonds is 32. The molecule has 15 aromatic rings. The Morgan fingerprint density at radius 2 is 0.591 bits per heavy atom. The van der Waals surface area contributed by atoms with Crippen LogP contribution in [-0.2, 0) is 80.1 Å². The third-order valence-electron chi connectivity index (χ3n) is 25.2. The topological polar surface area (TPSA) is 270 Å². The molecule has 2 N–H and O–H groups in total. The molecule has 0 saturated heterocycles. The van der Waals surface area contributed by atoms with Crippen molar-refractivity contribution in [2.45, 2.75) is 130 Å². The summed E-state index contributed by atoms with van der Waals surface area (Å²) in [5.74, 6) is -3.39. The van der Waals surface area contributed by atoms with Crippen molar-refractivity contribution in [3.63, 3.8) is 0 Å². The summed E-state index contributed by atoms with van der Waals surface area (Å²) in [5.41, 5.74) is 6.08. The van der Waals surface area contributed by atoms with Gasteiger partial charge < -0.3 is 74.4 Å². The van der Waals surface area contributed by atoms with Gasteiger partial charge in [0.05, 0.1) is 35.5 Å². The van der Waals surface area contributed by atoms with E-state index in [1.54, 1.807) is 24.3 Å². The number of nitrogens with zero attached hydrogens (tertiary/aromatic N) is 2. The largest absolute Gasteiger partial charge is 0.527 e. The van der Waals surface area contributed by atoms with Crippen molar-refractivity contribution in [1.82, 2.24) is 20.4 Å². The quantitative estimate of drug-likeness (QED) is 0.0130. The van der Waals surface area contributed by atoms with Gasteiger partial charge in [0.1, 0.15) is 92.9 Å². The molecular formula is C106H108N4O20Si2. The van der Waals surface area contributed by atoms with Gasteiger partial charge in [0.15, 0.2) is 0 Å². The lowest BCUT2D eigenvalue weighted by Gasteiger charge is -2.36. The molecule has 2 atom stereocenters. The number of furan rings is 2. The molecule has 0 saturated carbocycles. The number of benzene rings is 13. The smallest absolute Gasteiger partial charge is 0.457 e. The molecule has 24 nitrogen and oxygen atoms in total. The van der Waals surface area contributed by atoms with Gasteiger partial charge >= 0.3 is 17.6 Å². The molecule has 13 aromatic carbocycles. The predicted molar refractivity (Wildman–Crippen MR) is 513 cm³/mol. The molecule has 680 valence electrons. The summed E-state index contributed by atoms with van der Waals surface area (Å²) in [7, 11) is 2.28. The molecule has 2 aromatic heterocycles. The molecule has 0 bridgehead atoms. The summed E-state index contributed by atoms with van der Waals surface area (Å²) in [6.45, 7) is 25.0. The van der Waals surface area contributed by atoms with Crippen molar-refractivity contribution < 1.29 is 92.6 Å². The van der Waals surface area contributed by atoms with E-state index in [-0.39, 0.29) is 162 Å². The van der Waals surface area contributed by atoms with Crippen LogP contribution < -0.4 is 29.6 Å². The van der Waals surface area contributed by atoms with E-state index in [0.29, 0.717) is 56.5 Å². The Bertz CT molecular complexity index is 6330. The van der Waals surface area contributed by atoms with Gasteiger partial charge in [-0.1, -0.05) is 180 Å². The molecule has 17 rings (SSSR count). The van der Waals surface area contributed by atoms with Crippen LogP contribution in [0.15, 0.2) is 215 Å². The summed E-state index contributed by atoms with van der Waals surface area (Å²) in [6, 6.07) is 60.0. The highest BCUT2D eigenvalue weighted by atomic mass is 28.4. The van der Waals surface area contributed by atoms with Crippen molar-refractivity contribution in [3.05, 3.63) is 262 Å². The first kappa shape index (κ1) is 91.2. The molecule has 0 fully saturated rings. The van der Waals surface area contributed by atoms with E-state index in [2.05, 4.69) is 93.7 Å². The van der Waals surface area contributed by atoms with Crippen LogP contribution in [0.4, 0.5) is 0 Å². The Kier molecular flexibility index (Phi) is 24.7. The van der Waals surface area contributed by atoms with Crippen LogP contribution in [0.3, 0.4) is 0 Å². The molecule has 6 amide bonds. The molecule has 2 unspecified atom stereocenters. The van der Waals surface area contributed by atoms with Crippen LogP contribution in [-0.4, -0.2) is 156 Å². The lowest BCUT2D eigenvalue weighted by molar-refractivity contribution is -0.125. The lowest BCUT2D eigenvalue weighted by Crippen LogP contribution is -2.55. The monoisotopic (exact) mass is 1810 g/mol. The highest BCUT2D eigenvalue weighted by Crippen LogP contribution is 2.59. The van der Waals surface area contributed by atoms with Crippen LogP contribution >= 0.6 is 0 Å². The van der Waals surface area contributed by atoms with E-state index in [1.807, 2.05) is 182 Å². The number of ether oxygens (including phenoxy) is 6. The normalized spacial score (nSPS) is 14.0. The maximum Gasteiger partial charge on any atom is 0.527 e. The Balaban J connectivity index is 0.954. The minimum absolute atomic E-state index is 0.0400. The first-order valence-corrected chi connectivity index (χ1v) is 48.0. The van der Waals surface area contributed by atoms with Crippen LogP contribution in [0.5, 0.6) is 46.0 Å². The molecule has 2 aliphatic heterocycles. The molecule has 132 heavy (non-hydrogen) atoms. The Hall–Kier alpha value is -12.7. The van der Waals surface area contributed by atoms with Crippen molar-refractivity contribution in [3.8, 4) is 46.0 Å². The summed E-state index contributed by atoms with van der Waals surface area (Å²) in [6.07, 6.45) is -0.507. The minimum atomic E-state index is -3.26. The average molecular weight is 1810 g/mol. The van der Waals surface area contributed by atoms with Crippen molar-refractivity contribution >= 4 is 140 Å². The zero-order valence-corrected chi connectivity index (χ0v) is 79.5. The van der Waals surface area contributed by atoms with E-state index in [9.17, 15) is 0 Å². The number of amides is 6. The lowest BCUT2D eigenvalue weighted by atomic mass is 9.80. The SMILES string of the molecule is CO[Si](COCCNC(=O)C(Cc1ccc2oc3ccccc3c2c1)N1C(=O)c2cc(Oc3ccc(C(C)(C)C)cc3)c3c4c(Oc5ccc(C(C)(C)C)cc5)cc5c6c(cc(Oc7ccc(C(C)(C)C)cc7)c(c7c(Oc8ccc(C(C)(C)C)cc8)cc(c2c37)C1=O)c64)C(=O)N(C(Cc1ccc2oc3ccccc3c2c1)C(=O)NCCOC[Si](OC)(OC)OC)C5=O)(OC)OC. The third kappa shape index (κ3) is 17.2. The number of carbonyl (C=O) groups is 6. The fraction of sp³-hybridized carbons (Fsp3) is 0.302. The highest BCUT2D eigenvalue weighted by molar-refractivity contribution is 6.61. The van der Waals surface area contributed by atoms with Crippen LogP contribution in [0, 0.1) is 0 Å². The molecule has 4 heterocycles. The van der Waals surface area contributed by atoms with Crippen molar-refractivity contribution in [2.24, 2.45) is 0 Å². The van der Waals surface area contributed by atoms with Gasteiger partial charge in [0.25, 0.3) is 23.6 Å². The first-order chi connectivity index (χ1) is 63.1. The van der Waals surface area contributed by atoms with Gasteiger partial charge in [-0.05, 0) is 164 Å². The van der Waals surface area contributed by atoms with Crippen molar-refractivity contribution in [2.75, 3.05) is 81.4 Å². The second-order valence-electron chi connectivity index (χ2n) is 37.7. The Morgan fingerprint density at radius 1 is 0.326 bits per heavy atom. The van der Waals surface area contributed by atoms with Gasteiger partial charge in [0.2, 0.25) is 11.8 Å². The Labute approximate surface area is 767 Å². The Morgan fingerprint density at radius 3 is 0.856 bits per heavy atom. The maximum atomic E-state index is 17.2. The number of hydrogen-bond donors (Lipinski definition) is 2. The molecule has 0 aliphatic carbocycles. The summed E-state index contributed by atoms with van der Waals surface area (Å²) >= 11 is 0. The van der Waals surface area contributed by atoms with Gasteiger partial charge in [-0.25, -0.2) is 0 Å². The molecule has 2 aliphatic rings. The number of carbonyl (C=O) groups excluding carboxylic acids is 6. The van der Waals surface area contributed by atoms with Crippen molar-refractivity contribution in [1.29, 1.82) is 0 Å². The second-order valence-corrected chi connectivity index (χ2v) is 43.5. The molecule has 0 radical (unpaired) electrons. The van der Waals surface area contributed by atoms with Crippen LogP contribution in [0.1, 0.15) is 158 Å². The fourth-order valence-electron chi connectivity index (χ4n) is 17.9.